The molecule has 0 saturated heterocycles. The van der Waals surface area contributed by atoms with E-state index >= 15 is 0 Å². The van der Waals surface area contributed by atoms with E-state index < -0.39 is 23.2 Å². The first kappa shape index (κ1) is 14.2. The summed E-state index contributed by atoms with van der Waals surface area (Å²) in [4.78, 5) is 12.9. The summed E-state index contributed by atoms with van der Waals surface area (Å²) < 4.78 is 11.7. The van der Waals surface area contributed by atoms with E-state index in [9.17, 15) is 15.0 Å². The fourth-order valence-corrected chi connectivity index (χ4v) is 8.62. The number of hydrogen-bond donors (Lipinski definition) is 2. The van der Waals surface area contributed by atoms with Crippen molar-refractivity contribution in [2.24, 2.45) is 23.2 Å². The SMILES string of the molecule is O=C1CC(O)C2(O)C34CC3CC3C4Cc4ccc(OI)c5c4[C@]32C1O5. The van der Waals surface area contributed by atoms with E-state index in [1.54, 1.807) is 0 Å². The first-order valence-electron chi connectivity index (χ1n) is 9.06. The number of carbonyl (C=O) groups is 1. The summed E-state index contributed by atoms with van der Waals surface area (Å²) in [6.45, 7) is 0. The van der Waals surface area contributed by atoms with Gasteiger partial charge in [0, 0.05) is 17.4 Å². The Morgan fingerprint density at radius 3 is 2.92 bits per heavy atom. The number of hydrogen-bond acceptors (Lipinski definition) is 5. The third-order valence-electron chi connectivity index (χ3n) is 8.73. The summed E-state index contributed by atoms with van der Waals surface area (Å²) in [5.41, 5.74) is -0.138. The highest BCUT2D eigenvalue weighted by atomic mass is 127. The van der Waals surface area contributed by atoms with Crippen molar-refractivity contribution in [3.63, 3.8) is 0 Å². The molecule has 0 amide bonds. The number of ketones is 1. The lowest BCUT2D eigenvalue weighted by molar-refractivity contribution is -0.203. The molecule has 6 aliphatic rings. The maximum atomic E-state index is 12.9. The second-order valence-corrected chi connectivity index (χ2v) is 9.36. The highest BCUT2D eigenvalue weighted by molar-refractivity contribution is 14.1. The van der Waals surface area contributed by atoms with Crippen molar-refractivity contribution in [3.05, 3.63) is 23.3 Å². The monoisotopic (exact) mass is 452 g/mol. The van der Waals surface area contributed by atoms with Gasteiger partial charge in [0.05, 0.1) is 11.5 Å². The molecule has 1 heterocycles. The number of ether oxygens (including phenoxy) is 1. The maximum Gasteiger partial charge on any atom is 0.192 e. The third kappa shape index (κ3) is 1.05. The molecule has 8 atom stereocenters. The minimum Gasteiger partial charge on any atom is -0.477 e. The van der Waals surface area contributed by atoms with Gasteiger partial charge in [-0.2, -0.15) is 0 Å². The van der Waals surface area contributed by atoms with Crippen LogP contribution in [0, 0.1) is 23.2 Å². The highest BCUT2D eigenvalue weighted by Gasteiger charge is 2.94. The molecule has 1 aliphatic heterocycles. The van der Waals surface area contributed by atoms with Crippen LogP contribution in [0.3, 0.4) is 0 Å². The van der Waals surface area contributed by atoms with Crippen molar-refractivity contribution in [3.8, 4) is 11.5 Å². The standard InChI is InChI=1S/C19H17IO5/c20-25-12-2-1-7-3-9-10-4-8-6-17(8,9)19(23)13(22)5-11(21)16-18(10,19)14(7)15(12)24-16/h1-2,8-10,13,16,22-23H,3-6H2/t8?,9?,10?,13?,16?,17?,18-,19?/m0/s1. The number of rotatable bonds is 1. The van der Waals surface area contributed by atoms with Gasteiger partial charge in [0.2, 0.25) is 0 Å². The Morgan fingerprint density at radius 2 is 2.12 bits per heavy atom. The van der Waals surface area contributed by atoms with E-state index in [-0.39, 0.29) is 23.5 Å². The Hall–Kier alpha value is -0.860. The molecule has 2 spiro atoms. The van der Waals surface area contributed by atoms with Gasteiger partial charge in [0.1, 0.15) is 5.60 Å². The van der Waals surface area contributed by atoms with Crippen molar-refractivity contribution in [1.29, 1.82) is 0 Å². The number of benzene rings is 1. The molecule has 5 aliphatic carbocycles. The highest BCUT2D eigenvalue weighted by Crippen LogP contribution is 2.89. The van der Waals surface area contributed by atoms with Gasteiger partial charge < -0.3 is 18.0 Å². The van der Waals surface area contributed by atoms with E-state index in [0.717, 1.165) is 24.8 Å². The summed E-state index contributed by atoms with van der Waals surface area (Å²) in [6, 6.07) is 3.97. The fraction of sp³-hybridized carbons (Fsp3) is 0.632. The number of halogens is 1. The van der Waals surface area contributed by atoms with Crippen molar-refractivity contribution in [2.75, 3.05) is 0 Å². The lowest BCUT2D eigenvalue weighted by atomic mass is 9.50. The number of aliphatic hydroxyl groups is 2. The number of Topliss-reactive ketones (excluding diaryl/α,β-unsaturated/α-hetero) is 1. The van der Waals surface area contributed by atoms with Gasteiger partial charge in [-0.3, -0.25) is 4.79 Å². The van der Waals surface area contributed by atoms with Gasteiger partial charge in [-0.1, -0.05) is 6.07 Å². The van der Waals surface area contributed by atoms with E-state index in [1.165, 1.54) is 5.56 Å². The van der Waals surface area contributed by atoms with Crippen LogP contribution in [0.4, 0.5) is 0 Å². The minimum atomic E-state index is -1.25. The van der Waals surface area contributed by atoms with Crippen molar-refractivity contribution in [2.45, 2.75) is 48.9 Å². The summed E-state index contributed by atoms with van der Waals surface area (Å²) in [5.74, 6) is 2.20. The molecule has 7 rings (SSSR count). The van der Waals surface area contributed by atoms with Gasteiger partial charge in [-0.15, -0.1) is 0 Å². The smallest absolute Gasteiger partial charge is 0.192 e. The average molecular weight is 452 g/mol. The summed E-state index contributed by atoms with van der Waals surface area (Å²) >= 11 is 1.83. The van der Waals surface area contributed by atoms with Gasteiger partial charge in [-0.25, -0.2) is 0 Å². The van der Waals surface area contributed by atoms with E-state index in [4.69, 9.17) is 7.80 Å². The fourth-order valence-electron chi connectivity index (χ4n) is 8.28. The molecule has 0 aromatic heterocycles. The Balaban J connectivity index is 1.65. The maximum absolute atomic E-state index is 12.9. The third-order valence-corrected chi connectivity index (χ3v) is 9.20. The predicted octanol–water partition coefficient (Wildman–Crippen LogP) is 1.69. The largest absolute Gasteiger partial charge is 0.477 e. The zero-order chi connectivity index (χ0) is 16.9. The second kappa shape index (κ2) is 3.73. The molecule has 4 saturated carbocycles. The summed E-state index contributed by atoms with van der Waals surface area (Å²) in [7, 11) is 0. The predicted molar refractivity (Wildman–Crippen MR) is 93.6 cm³/mol. The molecule has 1 aromatic rings. The molecule has 7 unspecified atom stereocenters. The van der Waals surface area contributed by atoms with Crippen LogP contribution in [0.5, 0.6) is 11.5 Å². The summed E-state index contributed by atoms with van der Waals surface area (Å²) in [6.07, 6.45) is 1.23. The lowest BCUT2D eigenvalue weighted by Gasteiger charge is -2.55. The topological polar surface area (TPSA) is 76.0 Å². The molecule has 2 N–H and O–H groups in total. The second-order valence-electron chi connectivity index (χ2n) is 8.92. The number of carbonyl (C=O) groups excluding carboxylic acids is 1. The molecule has 4 bridgehead atoms. The molecule has 4 fully saturated rings. The zero-order valence-electron chi connectivity index (χ0n) is 13.4. The first-order chi connectivity index (χ1) is 12.0. The van der Waals surface area contributed by atoms with Gasteiger partial charge in [0.15, 0.2) is 46.4 Å². The van der Waals surface area contributed by atoms with Gasteiger partial charge >= 0.3 is 0 Å². The van der Waals surface area contributed by atoms with E-state index in [2.05, 4.69) is 6.07 Å². The average Bonchev–Trinajstić information content (AvgIpc) is 3.06. The molecule has 1 aromatic carbocycles. The van der Waals surface area contributed by atoms with Crippen LogP contribution in [0.1, 0.15) is 30.4 Å². The minimum absolute atomic E-state index is 0.0133. The molecule has 130 valence electrons. The molecule has 5 nitrogen and oxygen atoms in total. The van der Waals surface area contributed by atoms with Crippen molar-refractivity contribution >= 4 is 28.8 Å². The van der Waals surface area contributed by atoms with Crippen LogP contribution in [0.25, 0.3) is 0 Å². The van der Waals surface area contributed by atoms with Gasteiger partial charge in [0.25, 0.3) is 0 Å². The van der Waals surface area contributed by atoms with Crippen molar-refractivity contribution in [1.82, 2.24) is 0 Å². The molecular formula is C19H17IO5. The van der Waals surface area contributed by atoms with E-state index in [1.807, 2.05) is 29.1 Å². The molecule has 6 heteroatoms. The Morgan fingerprint density at radius 1 is 1.28 bits per heavy atom. The van der Waals surface area contributed by atoms with E-state index in [0.29, 0.717) is 23.3 Å². The van der Waals surface area contributed by atoms with Crippen molar-refractivity contribution < 1.29 is 22.8 Å². The Labute approximate surface area is 158 Å². The van der Waals surface area contributed by atoms with Crippen LogP contribution < -0.4 is 7.80 Å². The van der Waals surface area contributed by atoms with Crippen LogP contribution in [-0.2, 0) is 16.6 Å². The van der Waals surface area contributed by atoms with Gasteiger partial charge in [-0.05, 0) is 48.6 Å². The Bertz CT molecular complexity index is 900. The number of aliphatic hydroxyl groups excluding tert-OH is 1. The van der Waals surface area contributed by atoms with Crippen LogP contribution in [-0.4, -0.2) is 33.8 Å². The summed E-state index contributed by atoms with van der Waals surface area (Å²) in [5, 5.41) is 23.1. The Kier molecular flexibility index (Phi) is 2.12. The van der Waals surface area contributed by atoms with Crippen LogP contribution >= 0.6 is 23.0 Å². The molecular weight excluding hydrogens is 435 g/mol. The lowest BCUT2D eigenvalue weighted by Crippen LogP contribution is -2.72. The van der Waals surface area contributed by atoms with Crippen LogP contribution in [0.2, 0.25) is 0 Å². The first-order valence-corrected chi connectivity index (χ1v) is 9.94. The normalized spacial score (nSPS) is 54.8. The molecule has 0 radical (unpaired) electrons. The molecule has 25 heavy (non-hydrogen) atoms. The van der Waals surface area contributed by atoms with Crippen LogP contribution in [0.15, 0.2) is 12.1 Å². The zero-order valence-corrected chi connectivity index (χ0v) is 15.5. The quantitative estimate of drug-likeness (QED) is 0.635.